The first-order valence-electron chi connectivity index (χ1n) is 16.9. The third-order valence-electron chi connectivity index (χ3n) is 8.08. The Labute approximate surface area is 258 Å². The minimum atomic E-state index is -0.265. The summed E-state index contributed by atoms with van der Waals surface area (Å²) in [7, 11) is 0. The molecule has 0 aromatic rings. The summed E-state index contributed by atoms with van der Waals surface area (Å²) in [5.41, 5.74) is -0.530. The monoisotopic (exact) mass is 598 g/mol. The molecule has 0 heterocycles. The van der Waals surface area contributed by atoms with Crippen molar-refractivity contribution in [2.24, 2.45) is 10.8 Å². The molecule has 0 N–H and O–H groups in total. The summed E-state index contributed by atoms with van der Waals surface area (Å²) in [6.07, 6.45) is 24.3. The van der Waals surface area contributed by atoms with Crippen LogP contribution in [0.2, 0.25) is 0 Å². The number of ketones is 1. The number of carbonyl (C=O) groups is 3. The molecule has 0 fully saturated rings. The average Bonchev–Trinajstić information content (AvgIpc) is 2.91. The lowest BCUT2D eigenvalue weighted by molar-refractivity contribution is -0.120. The van der Waals surface area contributed by atoms with Crippen LogP contribution in [-0.2, 0) is 14.4 Å². The first-order valence-corrected chi connectivity index (χ1v) is 18.9. The summed E-state index contributed by atoms with van der Waals surface area (Å²) in [4.78, 5) is 37.6. The Bertz CT molecular complexity index is 603. The normalized spacial score (nSPS) is 12.2. The maximum Gasteiger partial charge on any atom is 0.194 e. The van der Waals surface area contributed by atoms with Gasteiger partial charge in [-0.15, -0.1) is 0 Å². The molecule has 236 valence electrons. The van der Waals surface area contributed by atoms with Crippen molar-refractivity contribution in [1.82, 2.24) is 0 Å². The van der Waals surface area contributed by atoms with Gasteiger partial charge in [0.1, 0.15) is 5.78 Å². The first kappa shape index (κ1) is 39.7. The zero-order valence-electron chi connectivity index (χ0n) is 27.5. The van der Waals surface area contributed by atoms with Crippen molar-refractivity contribution in [3.63, 3.8) is 0 Å². The fraction of sp³-hybridized carbons (Fsp3) is 0.914. The van der Waals surface area contributed by atoms with E-state index in [9.17, 15) is 14.4 Å². The topological polar surface area (TPSA) is 51.2 Å². The van der Waals surface area contributed by atoms with Gasteiger partial charge in [0.15, 0.2) is 10.2 Å². The van der Waals surface area contributed by atoms with E-state index < -0.39 is 0 Å². The predicted octanol–water partition coefficient (Wildman–Crippen LogP) is 11.7. The Kier molecular flexibility index (Phi) is 25.0. The van der Waals surface area contributed by atoms with E-state index in [-0.39, 0.29) is 10.8 Å². The highest BCUT2D eigenvalue weighted by Crippen LogP contribution is 2.32. The number of carbonyl (C=O) groups excluding carboxylic acids is 3. The Morgan fingerprint density at radius 2 is 0.775 bits per heavy atom. The summed E-state index contributed by atoms with van der Waals surface area (Å²) in [5, 5.41) is 0.664. The molecule has 0 radical (unpaired) electrons. The Morgan fingerprint density at radius 1 is 0.450 bits per heavy atom. The summed E-state index contributed by atoms with van der Waals surface area (Å²) in [6, 6.07) is 0. The van der Waals surface area contributed by atoms with Crippen molar-refractivity contribution < 1.29 is 14.4 Å². The van der Waals surface area contributed by atoms with Crippen LogP contribution in [0.1, 0.15) is 183 Å². The predicted molar refractivity (Wildman–Crippen MR) is 180 cm³/mol. The largest absolute Gasteiger partial charge is 0.300 e. The van der Waals surface area contributed by atoms with Crippen LogP contribution in [0.5, 0.6) is 0 Å². The Hall–Kier alpha value is -0.290. The van der Waals surface area contributed by atoms with Gasteiger partial charge in [0.25, 0.3) is 0 Å². The quantitative estimate of drug-likeness (QED) is 0.0838. The third kappa shape index (κ3) is 22.3. The SMILES string of the molecule is CCCCCCCCSC(=O)C(C)(C)CCCCCC(=O)CCCCCC(C)(C)C(=O)SCCCCCCCC. The van der Waals surface area contributed by atoms with Crippen LogP contribution >= 0.6 is 23.5 Å². The van der Waals surface area contributed by atoms with E-state index in [4.69, 9.17) is 0 Å². The second-order valence-electron chi connectivity index (χ2n) is 13.2. The first-order chi connectivity index (χ1) is 19.1. The van der Waals surface area contributed by atoms with Gasteiger partial charge in [-0.05, 0) is 38.5 Å². The number of rotatable bonds is 28. The second kappa shape index (κ2) is 25.2. The molecular weight excluding hydrogens is 533 g/mol. The Balaban J connectivity index is 3.82. The zero-order valence-corrected chi connectivity index (χ0v) is 29.1. The van der Waals surface area contributed by atoms with Gasteiger partial charge in [-0.25, -0.2) is 0 Å². The van der Waals surface area contributed by atoms with E-state index in [1.165, 1.54) is 87.7 Å². The molecule has 0 aliphatic heterocycles. The van der Waals surface area contributed by atoms with Crippen LogP contribution < -0.4 is 0 Å². The molecule has 0 aliphatic rings. The molecular formula is C35H66O3S2. The maximum atomic E-state index is 12.6. The van der Waals surface area contributed by atoms with Crippen LogP contribution in [0.3, 0.4) is 0 Å². The van der Waals surface area contributed by atoms with Crippen molar-refractivity contribution >= 4 is 39.5 Å². The average molecular weight is 599 g/mol. The lowest BCUT2D eigenvalue weighted by atomic mass is 9.88. The van der Waals surface area contributed by atoms with E-state index in [1.807, 2.05) is 0 Å². The summed E-state index contributed by atoms with van der Waals surface area (Å²) < 4.78 is 0. The number of unbranched alkanes of at least 4 members (excludes halogenated alkanes) is 14. The van der Waals surface area contributed by atoms with Crippen LogP contribution in [-0.4, -0.2) is 27.5 Å². The molecule has 0 amide bonds. The summed E-state index contributed by atoms with van der Waals surface area (Å²) in [6.45, 7) is 12.8. The van der Waals surface area contributed by atoms with Gasteiger partial charge in [0.05, 0.1) is 0 Å². The molecule has 0 unspecified atom stereocenters. The van der Waals surface area contributed by atoms with Crippen molar-refractivity contribution in [2.45, 2.75) is 183 Å². The van der Waals surface area contributed by atoms with Crippen molar-refractivity contribution in [3.8, 4) is 0 Å². The molecule has 40 heavy (non-hydrogen) atoms. The van der Waals surface area contributed by atoms with Gasteiger partial charge in [0.2, 0.25) is 0 Å². The van der Waals surface area contributed by atoms with Crippen LogP contribution in [0.4, 0.5) is 0 Å². The lowest BCUT2D eigenvalue weighted by Gasteiger charge is -2.22. The molecule has 5 heteroatoms. The molecule has 0 saturated heterocycles. The smallest absolute Gasteiger partial charge is 0.194 e. The zero-order chi connectivity index (χ0) is 30.1. The number of hydrogen-bond donors (Lipinski definition) is 0. The molecule has 0 aliphatic carbocycles. The van der Waals surface area contributed by atoms with Gasteiger partial charge < -0.3 is 0 Å². The van der Waals surface area contributed by atoms with E-state index >= 15 is 0 Å². The van der Waals surface area contributed by atoms with Gasteiger partial charge in [-0.2, -0.15) is 0 Å². The minimum absolute atomic E-state index is 0.265. The number of thioether (sulfide) groups is 2. The standard InChI is InChI=1S/C35H66O3S2/c1-7-9-11-13-15-23-29-39-32(37)34(3,4)27-21-17-19-25-31(36)26-20-18-22-28-35(5,6)33(38)40-30-24-16-14-12-10-8-2/h7-30H2,1-6H3. The second-order valence-corrected chi connectivity index (χ2v) is 15.4. The molecule has 0 aromatic heterocycles. The van der Waals surface area contributed by atoms with Gasteiger partial charge in [-0.3, -0.25) is 14.4 Å². The highest BCUT2D eigenvalue weighted by atomic mass is 32.2. The third-order valence-corrected chi connectivity index (χ3v) is 10.7. The highest BCUT2D eigenvalue weighted by Gasteiger charge is 2.28. The maximum absolute atomic E-state index is 12.6. The van der Waals surface area contributed by atoms with E-state index in [2.05, 4.69) is 41.5 Å². The van der Waals surface area contributed by atoms with Crippen LogP contribution in [0.15, 0.2) is 0 Å². The van der Waals surface area contributed by atoms with Crippen molar-refractivity contribution in [2.75, 3.05) is 11.5 Å². The molecule has 0 bridgehead atoms. The number of Topliss-reactive ketones (excluding diaryl/α,β-unsaturated/α-hetero) is 1. The molecule has 0 rings (SSSR count). The van der Waals surface area contributed by atoms with Crippen LogP contribution in [0, 0.1) is 10.8 Å². The van der Waals surface area contributed by atoms with E-state index in [1.54, 1.807) is 0 Å². The van der Waals surface area contributed by atoms with E-state index in [0.717, 1.165) is 75.7 Å². The highest BCUT2D eigenvalue weighted by molar-refractivity contribution is 8.14. The van der Waals surface area contributed by atoms with Crippen molar-refractivity contribution in [3.05, 3.63) is 0 Å². The van der Waals surface area contributed by atoms with Gasteiger partial charge >= 0.3 is 0 Å². The number of hydrogen-bond acceptors (Lipinski definition) is 5. The molecule has 0 aromatic carbocycles. The van der Waals surface area contributed by atoms with E-state index in [0.29, 0.717) is 28.9 Å². The molecule has 0 saturated carbocycles. The minimum Gasteiger partial charge on any atom is -0.300 e. The summed E-state index contributed by atoms with van der Waals surface area (Å²) >= 11 is 3.05. The lowest BCUT2D eigenvalue weighted by Crippen LogP contribution is -2.21. The fourth-order valence-corrected chi connectivity index (χ4v) is 7.00. The van der Waals surface area contributed by atoms with Crippen molar-refractivity contribution in [1.29, 1.82) is 0 Å². The van der Waals surface area contributed by atoms with Gasteiger partial charge in [0, 0.05) is 35.2 Å². The van der Waals surface area contributed by atoms with Gasteiger partial charge in [-0.1, -0.05) is 155 Å². The summed E-state index contributed by atoms with van der Waals surface area (Å²) in [5.74, 6) is 2.28. The molecule has 3 nitrogen and oxygen atoms in total. The fourth-order valence-electron chi connectivity index (χ4n) is 4.95. The molecule has 0 spiro atoms. The molecule has 0 atom stereocenters. The van der Waals surface area contributed by atoms with Crippen LogP contribution in [0.25, 0.3) is 0 Å². The Morgan fingerprint density at radius 3 is 1.15 bits per heavy atom.